The Bertz CT molecular complexity index is 3160. The molecule has 0 fully saturated rings. The molecular formula is C44H25N7O2. The van der Waals surface area contributed by atoms with E-state index in [1.54, 1.807) is 0 Å². The van der Waals surface area contributed by atoms with Crippen molar-refractivity contribution in [1.82, 2.24) is 27.9 Å². The van der Waals surface area contributed by atoms with Gasteiger partial charge < -0.3 is 9.47 Å². The zero-order valence-electron chi connectivity index (χ0n) is 27.9. The first-order valence-corrected chi connectivity index (χ1v) is 17.6. The molecule has 0 radical (unpaired) electrons. The van der Waals surface area contributed by atoms with E-state index in [1.807, 2.05) is 30.3 Å². The summed E-state index contributed by atoms with van der Waals surface area (Å²) in [6, 6.07) is 52.2. The van der Waals surface area contributed by atoms with Crippen LogP contribution in [0.15, 0.2) is 152 Å². The zero-order chi connectivity index (χ0) is 34.4. The molecular weight excluding hydrogens is 659 g/mol. The highest BCUT2D eigenvalue weighted by Crippen LogP contribution is 2.60. The van der Waals surface area contributed by atoms with E-state index in [4.69, 9.17) is 19.4 Å². The Hall–Kier alpha value is -7.52. The Morgan fingerprint density at radius 2 is 0.811 bits per heavy atom. The van der Waals surface area contributed by atoms with Gasteiger partial charge >= 0.3 is 0 Å². The summed E-state index contributed by atoms with van der Waals surface area (Å²) in [6.45, 7) is 0. The second kappa shape index (κ2) is 9.62. The van der Waals surface area contributed by atoms with Crippen LogP contribution in [0.2, 0.25) is 0 Å². The molecule has 6 heterocycles. The first kappa shape index (κ1) is 27.2. The molecule has 0 bridgehead atoms. The molecule has 0 amide bonds. The molecule has 0 atom stereocenters. The van der Waals surface area contributed by atoms with Gasteiger partial charge in [0.1, 0.15) is 5.69 Å². The van der Waals surface area contributed by atoms with Crippen LogP contribution in [0.4, 0.5) is 17.1 Å². The quantitative estimate of drug-likeness (QED) is 0.181. The highest BCUT2D eigenvalue weighted by molar-refractivity contribution is 5.97. The maximum absolute atomic E-state index is 6.62. The summed E-state index contributed by atoms with van der Waals surface area (Å²) in [6.07, 6.45) is 0. The third-order valence-corrected chi connectivity index (χ3v) is 10.7. The lowest BCUT2D eigenvalue weighted by Gasteiger charge is -2.38. The molecule has 0 saturated carbocycles. The van der Waals surface area contributed by atoms with E-state index in [0.717, 1.165) is 107 Å². The molecule has 7 aromatic carbocycles. The number of fused-ring (bicyclic) bond motifs is 14. The number of ether oxygens (including phenoxy) is 2. The molecule has 2 aliphatic rings. The van der Waals surface area contributed by atoms with Gasteiger partial charge in [0.15, 0.2) is 23.0 Å². The Balaban J connectivity index is 1.06. The van der Waals surface area contributed by atoms with E-state index < -0.39 is 0 Å². The van der Waals surface area contributed by atoms with Crippen molar-refractivity contribution in [2.24, 2.45) is 0 Å². The van der Waals surface area contributed by atoms with Crippen LogP contribution in [0, 0.1) is 0 Å². The summed E-state index contributed by atoms with van der Waals surface area (Å²) >= 11 is 0. The number of benzene rings is 7. The summed E-state index contributed by atoms with van der Waals surface area (Å²) < 4.78 is 22.2. The average Bonchev–Trinajstić information content (AvgIpc) is 3.94. The molecule has 248 valence electrons. The van der Waals surface area contributed by atoms with E-state index in [2.05, 4.69) is 144 Å². The molecule has 0 unspecified atom stereocenters. The van der Waals surface area contributed by atoms with Gasteiger partial charge in [0.25, 0.3) is 0 Å². The van der Waals surface area contributed by atoms with Gasteiger partial charge in [-0.2, -0.15) is 0 Å². The SMILES string of the molecule is c1cc2c3c(c1)Oc1ccc(-n4c5ccccc5n5c6ccccc6nc45)cc1N3c1cc(-n3c4ccccc4n4c5ccccc5nc34)ccc1O2. The summed E-state index contributed by atoms with van der Waals surface area (Å²) in [7, 11) is 0. The Morgan fingerprint density at radius 1 is 0.377 bits per heavy atom. The van der Waals surface area contributed by atoms with E-state index in [-0.39, 0.29) is 0 Å². The molecule has 11 aromatic rings. The standard InChI is InChI=1S/C44H25N7O2/c1-3-12-30-28(10-1)45-43-47(32-14-5-7-16-34(32)50(30)43)26-20-22-38-36(24-26)49-37-25-27(21-23-39(37)53-41-19-9-18-40(52-38)42(41)49)48-33-15-6-8-17-35(33)51-31-13-4-2-11-29(31)46-44(48)51/h1-25H. The van der Waals surface area contributed by atoms with Crippen LogP contribution in [0.3, 0.4) is 0 Å². The fourth-order valence-electron chi connectivity index (χ4n) is 8.52. The number of anilines is 3. The van der Waals surface area contributed by atoms with Crippen LogP contribution in [0.25, 0.3) is 67.1 Å². The van der Waals surface area contributed by atoms with Crippen molar-refractivity contribution >= 4 is 72.8 Å². The molecule has 9 heteroatoms. The van der Waals surface area contributed by atoms with Gasteiger partial charge in [-0.25, -0.2) is 9.97 Å². The second-order valence-electron chi connectivity index (χ2n) is 13.6. The van der Waals surface area contributed by atoms with Crippen LogP contribution in [-0.2, 0) is 0 Å². The van der Waals surface area contributed by atoms with Gasteiger partial charge in [0.05, 0.1) is 66.9 Å². The van der Waals surface area contributed by atoms with Gasteiger partial charge in [0, 0.05) is 0 Å². The Labute approximate surface area is 300 Å². The number of aromatic nitrogens is 6. The Morgan fingerprint density at radius 3 is 1.30 bits per heavy atom. The van der Waals surface area contributed by atoms with E-state index in [9.17, 15) is 0 Å². The molecule has 53 heavy (non-hydrogen) atoms. The van der Waals surface area contributed by atoms with Crippen molar-refractivity contribution in [1.29, 1.82) is 0 Å². The number of rotatable bonds is 2. The van der Waals surface area contributed by atoms with Crippen LogP contribution >= 0.6 is 0 Å². The van der Waals surface area contributed by atoms with Gasteiger partial charge in [-0.1, -0.05) is 54.6 Å². The number of para-hydroxylation sites is 9. The fraction of sp³-hybridized carbons (Fsp3) is 0. The highest BCUT2D eigenvalue weighted by Gasteiger charge is 2.35. The van der Waals surface area contributed by atoms with Gasteiger partial charge in [-0.05, 0) is 97.1 Å². The van der Waals surface area contributed by atoms with Crippen molar-refractivity contribution in [3.05, 3.63) is 152 Å². The molecule has 4 aromatic heterocycles. The van der Waals surface area contributed by atoms with Gasteiger partial charge in [-0.3, -0.25) is 22.8 Å². The third kappa shape index (κ3) is 3.45. The van der Waals surface area contributed by atoms with Crippen molar-refractivity contribution in [2.75, 3.05) is 4.90 Å². The van der Waals surface area contributed by atoms with Crippen molar-refractivity contribution in [3.63, 3.8) is 0 Å². The summed E-state index contributed by atoms with van der Waals surface area (Å²) in [5.74, 6) is 4.69. The maximum Gasteiger partial charge on any atom is 0.220 e. The van der Waals surface area contributed by atoms with Gasteiger partial charge in [0.2, 0.25) is 11.6 Å². The predicted molar refractivity (Wildman–Crippen MR) is 207 cm³/mol. The minimum atomic E-state index is 0.737. The maximum atomic E-state index is 6.62. The highest BCUT2D eigenvalue weighted by atomic mass is 16.5. The number of imidazole rings is 4. The summed E-state index contributed by atoms with van der Waals surface area (Å²) in [5.41, 5.74) is 13.0. The van der Waals surface area contributed by atoms with Gasteiger partial charge in [-0.15, -0.1) is 0 Å². The number of hydrogen-bond acceptors (Lipinski definition) is 5. The average molecular weight is 684 g/mol. The van der Waals surface area contributed by atoms with E-state index in [1.165, 1.54) is 0 Å². The monoisotopic (exact) mass is 683 g/mol. The zero-order valence-corrected chi connectivity index (χ0v) is 27.9. The topological polar surface area (TPSA) is 66.2 Å². The van der Waals surface area contributed by atoms with Crippen molar-refractivity contribution in [2.45, 2.75) is 0 Å². The molecule has 0 N–H and O–H groups in total. The molecule has 2 aliphatic heterocycles. The lowest BCUT2D eigenvalue weighted by molar-refractivity contribution is 0.446. The molecule has 0 saturated heterocycles. The molecule has 0 spiro atoms. The fourth-order valence-corrected chi connectivity index (χ4v) is 8.52. The van der Waals surface area contributed by atoms with Crippen LogP contribution < -0.4 is 14.4 Å². The predicted octanol–water partition coefficient (Wildman–Crippen LogP) is 10.9. The molecule has 9 nitrogen and oxygen atoms in total. The number of hydrogen-bond donors (Lipinski definition) is 0. The minimum absolute atomic E-state index is 0.737. The lowest BCUT2D eigenvalue weighted by Crippen LogP contribution is -2.20. The van der Waals surface area contributed by atoms with Crippen molar-refractivity contribution < 1.29 is 9.47 Å². The summed E-state index contributed by atoms with van der Waals surface area (Å²) in [4.78, 5) is 12.5. The first-order chi connectivity index (χ1) is 26.3. The first-order valence-electron chi connectivity index (χ1n) is 17.6. The summed E-state index contributed by atoms with van der Waals surface area (Å²) in [5, 5.41) is 0. The Kier molecular flexibility index (Phi) is 4.94. The van der Waals surface area contributed by atoms with E-state index in [0.29, 0.717) is 0 Å². The van der Waals surface area contributed by atoms with E-state index >= 15 is 0 Å². The normalized spacial score (nSPS) is 13.2. The van der Waals surface area contributed by atoms with Crippen LogP contribution in [0.5, 0.6) is 23.0 Å². The third-order valence-electron chi connectivity index (χ3n) is 10.7. The van der Waals surface area contributed by atoms with Crippen LogP contribution in [0.1, 0.15) is 0 Å². The van der Waals surface area contributed by atoms with Crippen LogP contribution in [-0.4, -0.2) is 27.9 Å². The van der Waals surface area contributed by atoms with Crippen molar-refractivity contribution in [3.8, 4) is 34.4 Å². The smallest absolute Gasteiger partial charge is 0.220 e. The molecule has 13 rings (SSSR count). The minimum Gasteiger partial charge on any atom is -0.453 e. The largest absolute Gasteiger partial charge is 0.453 e. The second-order valence-corrected chi connectivity index (χ2v) is 13.6. The number of nitrogens with zero attached hydrogens (tertiary/aromatic N) is 7. The lowest BCUT2D eigenvalue weighted by atomic mass is 10.1. The molecule has 0 aliphatic carbocycles.